The van der Waals surface area contributed by atoms with Crippen molar-refractivity contribution in [3.63, 3.8) is 0 Å². The van der Waals surface area contributed by atoms with Crippen LogP contribution in [0.4, 0.5) is 5.82 Å². The van der Waals surface area contributed by atoms with Crippen molar-refractivity contribution >= 4 is 11.7 Å². The maximum atomic E-state index is 11.7. The van der Waals surface area contributed by atoms with Crippen molar-refractivity contribution in [3.05, 3.63) is 23.9 Å². The van der Waals surface area contributed by atoms with Crippen LogP contribution in [-0.4, -0.2) is 36.2 Å². The Morgan fingerprint density at radius 2 is 2.39 bits per heavy atom. The van der Waals surface area contributed by atoms with E-state index < -0.39 is 0 Å². The number of pyridine rings is 1. The number of carbonyl (C=O) groups excluding carboxylic acids is 1. The molecule has 5 heteroatoms. The number of rotatable bonds is 3. The van der Waals surface area contributed by atoms with Crippen molar-refractivity contribution < 1.29 is 9.53 Å². The summed E-state index contributed by atoms with van der Waals surface area (Å²) >= 11 is 0. The normalized spacial score (nSPS) is 29.3. The van der Waals surface area contributed by atoms with Crippen molar-refractivity contribution in [2.24, 2.45) is 0 Å². The van der Waals surface area contributed by atoms with Crippen LogP contribution in [0.1, 0.15) is 29.6 Å². The molecule has 2 N–H and O–H groups in total. The highest BCUT2D eigenvalue weighted by Crippen LogP contribution is 2.36. The molecule has 1 aromatic rings. The average molecular weight is 247 g/mol. The third kappa shape index (κ3) is 1.95. The Hall–Kier alpha value is -1.62. The number of aromatic nitrogens is 1. The molecular weight excluding hydrogens is 230 g/mol. The van der Waals surface area contributed by atoms with Gasteiger partial charge in [0.25, 0.3) is 5.91 Å². The molecule has 2 aliphatic rings. The number of carbonyl (C=O) groups is 1. The Balaban J connectivity index is 1.78. The standard InChI is InChI=1S/C13H17N3O2/c1-14-13(17)9-3-2-6-15-12(9)16-10-7-8-4-5-11(10)18-8/h2-3,6,8,10-11H,4-5,7H2,1H3,(H,14,17)(H,15,16). The Labute approximate surface area is 106 Å². The van der Waals surface area contributed by atoms with Gasteiger partial charge in [-0.05, 0) is 31.4 Å². The van der Waals surface area contributed by atoms with E-state index in [0.717, 1.165) is 19.3 Å². The zero-order valence-electron chi connectivity index (χ0n) is 10.3. The molecule has 2 aliphatic heterocycles. The van der Waals surface area contributed by atoms with Gasteiger partial charge < -0.3 is 15.4 Å². The van der Waals surface area contributed by atoms with E-state index in [2.05, 4.69) is 15.6 Å². The Bertz CT molecular complexity index is 463. The van der Waals surface area contributed by atoms with Crippen LogP contribution in [0.15, 0.2) is 18.3 Å². The molecule has 2 bridgehead atoms. The second-order valence-electron chi connectivity index (χ2n) is 4.84. The van der Waals surface area contributed by atoms with Crippen LogP contribution < -0.4 is 10.6 Å². The summed E-state index contributed by atoms with van der Waals surface area (Å²) in [5, 5.41) is 5.99. The quantitative estimate of drug-likeness (QED) is 0.841. The maximum Gasteiger partial charge on any atom is 0.254 e. The molecule has 18 heavy (non-hydrogen) atoms. The van der Waals surface area contributed by atoms with Gasteiger partial charge in [0.2, 0.25) is 0 Å². The van der Waals surface area contributed by atoms with Gasteiger partial charge in [-0.15, -0.1) is 0 Å². The Morgan fingerprint density at radius 3 is 3.06 bits per heavy atom. The van der Waals surface area contributed by atoms with Crippen LogP contribution in [0.3, 0.4) is 0 Å². The molecule has 3 rings (SSSR count). The van der Waals surface area contributed by atoms with E-state index >= 15 is 0 Å². The fraction of sp³-hybridized carbons (Fsp3) is 0.538. The molecule has 3 unspecified atom stereocenters. The average Bonchev–Trinajstić information content (AvgIpc) is 3.01. The van der Waals surface area contributed by atoms with Crippen molar-refractivity contribution in [2.75, 3.05) is 12.4 Å². The molecule has 1 amide bonds. The van der Waals surface area contributed by atoms with E-state index in [0.29, 0.717) is 17.5 Å². The van der Waals surface area contributed by atoms with E-state index in [4.69, 9.17) is 4.74 Å². The molecule has 5 nitrogen and oxygen atoms in total. The highest BCUT2D eigenvalue weighted by molar-refractivity contribution is 5.98. The largest absolute Gasteiger partial charge is 0.373 e. The third-order valence-electron chi connectivity index (χ3n) is 3.71. The minimum atomic E-state index is -0.116. The molecule has 2 fully saturated rings. The smallest absolute Gasteiger partial charge is 0.254 e. The summed E-state index contributed by atoms with van der Waals surface area (Å²) in [7, 11) is 1.62. The summed E-state index contributed by atoms with van der Waals surface area (Å²) in [5.41, 5.74) is 0.586. The number of nitrogens with zero attached hydrogens (tertiary/aromatic N) is 1. The number of fused-ring (bicyclic) bond motifs is 2. The van der Waals surface area contributed by atoms with Crippen LogP contribution in [0, 0.1) is 0 Å². The number of hydrogen-bond acceptors (Lipinski definition) is 4. The summed E-state index contributed by atoms with van der Waals surface area (Å²) in [4.78, 5) is 16.0. The van der Waals surface area contributed by atoms with Crippen molar-refractivity contribution in [3.8, 4) is 0 Å². The lowest BCUT2D eigenvalue weighted by Gasteiger charge is -2.21. The Morgan fingerprint density at radius 1 is 1.50 bits per heavy atom. The molecule has 0 saturated carbocycles. The first-order chi connectivity index (χ1) is 8.78. The second kappa shape index (κ2) is 4.57. The molecule has 96 valence electrons. The zero-order valence-corrected chi connectivity index (χ0v) is 10.3. The number of hydrogen-bond donors (Lipinski definition) is 2. The van der Waals surface area contributed by atoms with E-state index in [1.165, 1.54) is 0 Å². The number of nitrogens with one attached hydrogen (secondary N) is 2. The van der Waals surface area contributed by atoms with E-state index in [1.54, 1.807) is 25.4 Å². The van der Waals surface area contributed by atoms with Gasteiger partial charge in [-0.3, -0.25) is 4.79 Å². The zero-order chi connectivity index (χ0) is 12.5. The summed E-state index contributed by atoms with van der Waals surface area (Å²) in [5.74, 6) is 0.535. The van der Waals surface area contributed by atoms with Crippen LogP contribution in [0.25, 0.3) is 0 Å². The molecule has 0 aromatic carbocycles. The molecule has 0 radical (unpaired) electrons. The van der Waals surface area contributed by atoms with Crippen molar-refractivity contribution in [1.82, 2.24) is 10.3 Å². The molecule has 3 atom stereocenters. The van der Waals surface area contributed by atoms with Gasteiger partial charge in [-0.1, -0.05) is 0 Å². The maximum absolute atomic E-state index is 11.7. The van der Waals surface area contributed by atoms with Gasteiger partial charge in [0, 0.05) is 13.2 Å². The van der Waals surface area contributed by atoms with Gasteiger partial charge in [-0.2, -0.15) is 0 Å². The first-order valence-electron chi connectivity index (χ1n) is 6.37. The highest BCUT2D eigenvalue weighted by atomic mass is 16.5. The molecule has 1 aromatic heterocycles. The van der Waals surface area contributed by atoms with Gasteiger partial charge in [0.05, 0.1) is 23.8 Å². The predicted octanol–water partition coefficient (Wildman–Crippen LogP) is 1.17. The van der Waals surface area contributed by atoms with E-state index in [1.807, 2.05) is 0 Å². The van der Waals surface area contributed by atoms with Crippen molar-refractivity contribution in [2.45, 2.75) is 37.5 Å². The summed E-state index contributed by atoms with van der Waals surface area (Å²) < 4.78 is 5.79. The fourth-order valence-electron chi connectivity index (χ4n) is 2.80. The summed E-state index contributed by atoms with van der Waals surface area (Å²) in [6, 6.07) is 3.83. The van der Waals surface area contributed by atoms with Crippen LogP contribution in [0.2, 0.25) is 0 Å². The highest BCUT2D eigenvalue weighted by Gasteiger charge is 2.41. The lowest BCUT2D eigenvalue weighted by Crippen LogP contribution is -2.32. The third-order valence-corrected chi connectivity index (χ3v) is 3.71. The predicted molar refractivity (Wildman–Crippen MR) is 67.5 cm³/mol. The number of anilines is 1. The lowest BCUT2D eigenvalue weighted by atomic mass is 9.95. The topological polar surface area (TPSA) is 63.2 Å². The lowest BCUT2D eigenvalue weighted by molar-refractivity contribution is 0.0962. The van der Waals surface area contributed by atoms with Gasteiger partial charge >= 0.3 is 0 Å². The van der Waals surface area contributed by atoms with Gasteiger partial charge in [-0.25, -0.2) is 4.98 Å². The molecule has 3 heterocycles. The SMILES string of the molecule is CNC(=O)c1cccnc1NC1CC2CCC1O2. The van der Waals surface area contributed by atoms with Crippen LogP contribution >= 0.6 is 0 Å². The minimum absolute atomic E-state index is 0.116. The molecule has 0 aliphatic carbocycles. The van der Waals surface area contributed by atoms with Crippen LogP contribution in [0.5, 0.6) is 0 Å². The van der Waals surface area contributed by atoms with E-state index in [9.17, 15) is 4.79 Å². The first-order valence-corrected chi connectivity index (χ1v) is 6.37. The molecule has 0 spiro atoms. The number of ether oxygens (including phenoxy) is 1. The monoisotopic (exact) mass is 247 g/mol. The minimum Gasteiger partial charge on any atom is -0.373 e. The second-order valence-corrected chi connectivity index (χ2v) is 4.84. The molecule has 2 saturated heterocycles. The molecular formula is C13H17N3O2. The van der Waals surface area contributed by atoms with E-state index in [-0.39, 0.29) is 18.1 Å². The van der Waals surface area contributed by atoms with Gasteiger partial charge in [0.1, 0.15) is 5.82 Å². The van der Waals surface area contributed by atoms with Crippen LogP contribution in [-0.2, 0) is 4.74 Å². The summed E-state index contributed by atoms with van der Waals surface area (Å²) in [6.45, 7) is 0. The first kappa shape index (κ1) is 11.5. The number of amides is 1. The van der Waals surface area contributed by atoms with Gasteiger partial charge in [0.15, 0.2) is 0 Å². The Kier molecular flexibility index (Phi) is 2.91. The van der Waals surface area contributed by atoms with Crippen molar-refractivity contribution in [1.29, 1.82) is 0 Å². The summed E-state index contributed by atoms with van der Waals surface area (Å²) in [6.07, 6.45) is 5.63. The fourth-order valence-corrected chi connectivity index (χ4v) is 2.80.